The first-order valence-electron chi connectivity index (χ1n) is 10.5. The number of nitrogens with one attached hydrogen (secondary N) is 1. The molecule has 2 fully saturated rings. The van der Waals surface area contributed by atoms with E-state index in [4.69, 9.17) is 27.6 Å². The number of pyridine rings is 1. The molecule has 1 unspecified atom stereocenters. The summed E-state index contributed by atoms with van der Waals surface area (Å²) in [7, 11) is -1.79. The van der Waals surface area contributed by atoms with Gasteiger partial charge >= 0.3 is 0 Å². The van der Waals surface area contributed by atoms with Crippen LogP contribution in [-0.2, 0) is 4.43 Å². The van der Waals surface area contributed by atoms with E-state index in [0.717, 1.165) is 42.1 Å². The zero-order valence-corrected chi connectivity index (χ0v) is 19.8. The van der Waals surface area contributed by atoms with E-state index in [0.29, 0.717) is 21.5 Å². The lowest BCUT2D eigenvalue weighted by Gasteiger charge is -2.35. The van der Waals surface area contributed by atoms with Gasteiger partial charge in [0, 0.05) is 30.5 Å². The van der Waals surface area contributed by atoms with E-state index in [1.807, 2.05) is 0 Å². The first-order valence-corrected chi connectivity index (χ1v) is 13.8. The molecule has 0 radical (unpaired) electrons. The summed E-state index contributed by atoms with van der Waals surface area (Å²) in [6, 6.07) is 3.91. The average Bonchev–Trinajstić information content (AvgIpc) is 3.00. The number of nitrogens with zero attached hydrogens (tertiary/aromatic N) is 1. The summed E-state index contributed by atoms with van der Waals surface area (Å²) in [4.78, 5) is 4.12. The normalized spacial score (nSPS) is 27.4. The average molecular weight is 430 g/mol. The van der Waals surface area contributed by atoms with Crippen LogP contribution in [0, 0.1) is 17.3 Å². The van der Waals surface area contributed by atoms with E-state index in [-0.39, 0.29) is 6.10 Å². The van der Waals surface area contributed by atoms with Crippen LogP contribution in [-0.4, -0.2) is 25.9 Å². The van der Waals surface area contributed by atoms with Gasteiger partial charge in [0.2, 0.25) is 0 Å². The van der Waals surface area contributed by atoms with Crippen LogP contribution < -0.4 is 5.32 Å². The van der Waals surface area contributed by atoms with E-state index in [1.165, 1.54) is 12.8 Å². The molecule has 2 aliphatic carbocycles. The lowest BCUT2D eigenvalue weighted by molar-refractivity contribution is 0.179. The summed E-state index contributed by atoms with van der Waals surface area (Å²) in [5.41, 5.74) is 1.46. The molecule has 0 saturated heterocycles. The molecule has 0 bridgehead atoms. The van der Waals surface area contributed by atoms with Crippen molar-refractivity contribution in [3.8, 4) is 0 Å². The first kappa shape index (κ1) is 21.6. The number of hydrogen-bond acceptors (Lipinski definition) is 3. The monoisotopic (exact) mass is 428 g/mol. The van der Waals surface area contributed by atoms with Gasteiger partial charge in [0.1, 0.15) is 0 Å². The molecule has 3 nitrogen and oxygen atoms in total. The van der Waals surface area contributed by atoms with Crippen LogP contribution in [0.3, 0.4) is 0 Å². The summed E-state index contributed by atoms with van der Waals surface area (Å²) in [6.07, 6.45) is 5.81. The summed E-state index contributed by atoms with van der Waals surface area (Å²) >= 11 is 13.0. The third-order valence-electron chi connectivity index (χ3n) is 7.49. The molecule has 1 N–H and O–H groups in total. The third-order valence-corrected chi connectivity index (χ3v) is 12.7. The summed E-state index contributed by atoms with van der Waals surface area (Å²) in [5, 5.41) is 5.00. The summed E-state index contributed by atoms with van der Waals surface area (Å²) in [6.45, 7) is 12.3. The fraction of sp³-hybridized carbons (Fsp3) is 0.762. The van der Waals surface area contributed by atoms with Gasteiger partial charge in [-0.15, -0.1) is 0 Å². The molecule has 0 aromatic carbocycles. The largest absolute Gasteiger partial charge is 0.409 e. The highest BCUT2D eigenvalue weighted by atomic mass is 35.5. The van der Waals surface area contributed by atoms with Crippen molar-refractivity contribution in [3.05, 3.63) is 28.0 Å². The molecule has 2 saturated carbocycles. The van der Waals surface area contributed by atoms with Crippen molar-refractivity contribution in [3.63, 3.8) is 0 Å². The van der Waals surface area contributed by atoms with Gasteiger partial charge in [0.05, 0.1) is 16.1 Å². The second kappa shape index (κ2) is 8.31. The van der Waals surface area contributed by atoms with Crippen LogP contribution in [0.2, 0.25) is 28.2 Å². The van der Waals surface area contributed by atoms with Crippen molar-refractivity contribution in [1.82, 2.24) is 10.3 Å². The van der Waals surface area contributed by atoms with Gasteiger partial charge < -0.3 is 9.74 Å². The molecular formula is C21H34Cl2N2OSi. The van der Waals surface area contributed by atoms with E-state index < -0.39 is 8.32 Å². The van der Waals surface area contributed by atoms with Gasteiger partial charge in [-0.25, -0.2) is 0 Å². The molecule has 4 atom stereocenters. The van der Waals surface area contributed by atoms with Crippen LogP contribution in [0.25, 0.3) is 0 Å². The van der Waals surface area contributed by atoms with Crippen molar-refractivity contribution >= 4 is 31.5 Å². The Kier molecular flexibility index (Phi) is 6.64. The van der Waals surface area contributed by atoms with Crippen molar-refractivity contribution in [2.75, 3.05) is 6.54 Å². The Labute approximate surface area is 175 Å². The molecule has 3 rings (SSSR count). The molecule has 1 aromatic heterocycles. The van der Waals surface area contributed by atoms with Gasteiger partial charge in [-0.1, -0.05) is 57.8 Å². The minimum atomic E-state index is -1.79. The number of rotatable bonds is 9. The minimum absolute atomic E-state index is 0.107. The van der Waals surface area contributed by atoms with Gasteiger partial charge in [-0.3, -0.25) is 4.98 Å². The van der Waals surface area contributed by atoms with Crippen LogP contribution in [0.5, 0.6) is 0 Å². The Morgan fingerprint density at radius 2 is 1.63 bits per heavy atom. The quantitative estimate of drug-likeness (QED) is 0.457. The Bertz CT molecular complexity index is 623. The fourth-order valence-corrected chi connectivity index (χ4v) is 8.59. The Hall–Kier alpha value is -0.133. The summed E-state index contributed by atoms with van der Waals surface area (Å²) in [5.74, 6) is 1.77. The predicted molar refractivity (Wildman–Crippen MR) is 117 cm³/mol. The van der Waals surface area contributed by atoms with Crippen molar-refractivity contribution in [1.29, 1.82) is 0 Å². The lowest BCUT2D eigenvalue weighted by Crippen LogP contribution is -2.41. The molecule has 2 aliphatic rings. The topological polar surface area (TPSA) is 34.1 Å². The standard InChI is InChI=1S/C21H34Cl2N2OSi/c1-6-27(7-2,8-3)26-19(20-17(22)11-24-12-18(20)23)13-25-14-9-15-16(10-14)21(15,4)5/h11-12,14-16,19,25H,6-10,13H2,1-5H3/t14-,15+,16-,19?. The van der Waals surface area contributed by atoms with Crippen LogP contribution in [0.15, 0.2) is 12.4 Å². The van der Waals surface area contributed by atoms with E-state index in [9.17, 15) is 0 Å². The first-order chi connectivity index (χ1) is 12.8. The Morgan fingerprint density at radius 1 is 1.11 bits per heavy atom. The highest BCUT2D eigenvalue weighted by molar-refractivity contribution is 6.73. The SMILES string of the molecule is CC[Si](CC)(CC)OC(CN[C@H]1C[C@@H]2[C@H](C1)C2(C)C)c1c(Cl)cncc1Cl. The molecular weight excluding hydrogens is 395 g/mol. The third kappa shape index (κ3) is 4.25. The van der Waals surface area contributed by atoms with Crippen molar-refractivity contribution in [2.24, 2.45) is 17.3 Å². The molecule has 1 aromatic rings. The molecule has 1 heterocycles. The van der Waals surface area contributed by atoms with Gasteiger partial charge in [0.25, 0.3) is 0 Å². The number of halogens is 2. The molecule has 0 amide bonds. The number of aromatic nitrogens is 1. The molecule has 0 spiro atoms. The highest BCUT2D eigenvalue weighted by Crippen LogP contribution is 2.66. The fourth-order valence-electron chi connectivity index (χ4n) is 5.18. The van der Waals surface area contributed by atoms with Crippen LogP contribution in [0.4, 0.5) is 0 Å². The maximum atomic E-state index is 6.85. The molecule has 0 aliphatic heterocycles. The van der Waals surface area contributed by atoms with Gasteiger partial charge in [-0.2, -0.15) is 0 Å². The maximum Gasteiger partial charge on any atom is 0.192 e. The van der Waals surface area contributed by atoms with E-state index in [2.05, 4.69) is 44.9 Å². The predicted octanol–water partition coefficient (Wildman–Crippen LogP) is 6.48. The van der Waals surface area contributed by atoms with Crippen LogP contribution in [0.1, 0.15) is 59.1 Å². The number of hydrogen-bond donors (Lipinski definition) is 1. The molecule has 27 heavy (non-hydrogen) atoms. The molecule has 6 heteroatoms. The van der Waals surface area contributed by atoms with E-state index in [1.54, 1.807) is 12.4 Å². The maximum absolute atomic E-state index is 6.85. The summed E-state index contributed by atoms with van der Waals surface area (Å²) < 4.78 is 6.85. The minimum Gasteiger partial charge on any atom is -0.409 e. The zero-order chi connectivity index (χ0) is 19.8. The van der Waals surface area contributed by atoms with E-state index >= 15 is 0 Å². The second-order valence-electron chi connectivity index (χ2n) is 8.98. The highest BCUT2D eigenvalue weighted by Gasteiger charge is 2.61. The van der Waals surface area contributed by atoms with Crippen molar-refractivity contribution in [2.45, 2.75) is 77.7 Å². The Balaban J connectivity index is 1.74. The second-order valence-corrected chi connectivity index (χ2v) is 14.5. The molecule has 152 valence electrons. The number of fused-ring (bicyclic) bond motifs is 1. The lowest BCUT2D eigenvalue weighted by atomic mass is 9.97. The van der Waals surface area contributed by atoms with Gasteiger partial charge in [-0.05, 0) is 48.2 Å². The van der Waals surface area contributed by atoms with Crippen LogP contribution >= 0.6 is 23.2 Å². The smallest absolute Gasteiger partial charge is 0.192 e. The van der Waals surface area contributed by atoms with Crippen molar-refractivity contribution < 1.29 is 4.43 Å². The van der Waals surface area contributed by atoms with Gasteiger partial charge in [0.15, 0.2) is 8.32 Å². The zero-order valence-electron chi connectivity index (χ0n) is 17.3. The Morgan fingerprint density at radius 3 is 2.11 bits per heavy atom.